The highest BCUT2D eigenvalue weighted by Gasteiger charge is 2.27. The molecule has 2 unspecified atom stereocenters. The molecule has 0 amide bonds. The molecule has 0 bridgehead atoms. The van der Waals surface area contributed by atoms with E-state index >= 15 is 0 Å². The summed E-state index contributed by atoms with van der Waals surface area (Å²) in [7, 11) is 2.16. The fourth-order valence-corrected chi connectivity index (χ4v) is 2.86. The molecule has 1 aliphatic carbocycles. The topological polar surface area (TPSA) is 29.3 Å². The van der Waals surface area contributed by atoms with E-state index in [9.17, 15) is 4.39 Å². The van der Waals surface area contributed by atoms with Crippen LogP contribution in [0.2, 0.25) is 0 Å². The molecule has 1 aliphatic rings. The molecule has 0 spiro atoms. The van der Waals surface area contributed by atoms with Crippen molar-refractivity contribution in [2.75, 3.05) is 7.05 Å². The fraction of sp³-hybridized carbons (Fsp3) is 0.600. The zero-order valence-electron chi connectivity index (χ0n) is 11.3. The van der Waals surface area contributed by atoms with E-state index in [1.165, 1.54) is 37.8 Å². The molecule has 0 aromatic heterocycles. The Hall–Kier alpha value is -0.930. The Labute approximate surface area is 109 Å². The summed E-state index contributed by atoms with van der Waals surface area (Å²) in [5.74, 6) is -0.206. The second-order valence-electron chi connectivity index (χ2n) is 5.42. The van der Waals surface area contributed by atoms with E-state index in [2.05, 4.69) is 18.9 Å². The molecule has 0 radical (unpaired) electrons. The molecule has 1 fully saturated rings. The zero-order valence-corrected chi connectivity index (χ0v) is 11.3. The van der Waals surface area contributed by atoms with Gasteiger partial charge in [0.1, 0.15) is 5.82 Å². The first-order chi connectivity index (χ1) is 8.59. The van der Waals surface area contributed by atoms with E-state index < -0.39 is 0 Å². The van der Waals surface area contributed by atoms with Gasteiger partial charge >= 0.3 is 0 Å². The maximum Gasteiger partial charge on any atom is 0.123 e. The van der Waals surface area contributed by atoms with E-state index in [0.717, 1.165) is 5.56 Å². The summed E-state index contributed by atoms with van der Waals surface area (Å²) in [5, 5.41) is 0. The summed E-state index contributed by atoms with van der Waals surface area (Å²) in [6.07, 6.45) is 5.20. The minimum atomic E-state index is -0.206. The number of halogens is 1. The number of nitrogens with zero attached hydrogens (tertiary/aromatic N) is 1. The molecule has 0 saturated heterocycles. The summed E-state index contributed by atoms with van der Waals surface area (Å²) < 4.78 is 12.9. The summed E-state index contributed by atoms with van der Waals surface area (Å²) in [5.41, 5.74) is 7.30. The molecule has 1 saturated carbocycles. The predicted octanol–water partition coefficient (Wildman–Crippen LogP) is 3.09. The van der Waals surface area contributed by atoms with Crippen molar-refractivity contribution in [3.8, 4) is 0 Å². The van der Waals surface area contributed by atoms with Gasteiger partial charge in [-0.3, -0.25) is 4.90 Å². The molecule has 100 valence electrons. The van der Waals surface area contributed by atoms with Gasteiger partial charge in [0, 0.05) is 18.1 Å². The van der Waals surface area contributed by atoms with Gasteiger partial charge in [-0.1, -0.05) is 25.0 Å². The second-order valence-corrected chi connectivity index (χ2v) is 5.42. The Kier molecular flexibility index (Phi) is 4.36. The minimum absolute atomic E-state index is 0.0591. The van der Waals surface area contributed by atoms with Crippen LogP contribution in [0.3, 0.4) is 0 Å². The summed E-state index contributed by atoms with van der Waals surface area (Å²) in [4.78, 5) is 2.39. The Morgan fingerprint density at radius 1 is 1.22 bits per heavy atom. The number of nitrogens with two attached hydrogens (primary N) is 1. The van der Waals surface area contributed by atoms with Crippen LogP contribution in [0, 0.1) is 5.82 Å². The summed E-state index contributed by atoms with van der Waals surface area (Å²) >= 11 is 0. The Balaban J connectivity index is 2.02. The predicted molar refractivity (Wildman–Crippen MR) is 72.8 cm³/mol. The molecule has 2 atom stereocenters. The normalized spacial score (nSPS) is 20.3. The molecule has 1 aromatic rings. The van der Waals surface area contributed by atoms with E-state index in [4.69, 9.17) is 5.73 Å². The Bertz CT molecular complexity index is 371. The lowest BCUT2D eigenvalue weighted by Gasteiger charge is -2.34. The van der Waals surface area contributed by atoms with Crippen LogP contribution >= 0.6 is 0 Å². The molecule has 1 aromatic carbocycles. The second kappa shape index (κ2) is 5.81. The monoisotopic (exact) mass is 250 g/mol. The average Bonchev–Trinajstić information content (AvgIpc) is 2.91. The third-order valence-electron chi connectivity index (χ3n) is 4.32. The average molecular weight is 250 g/mol. The lowest BCUT2D eigenvalue weighted by molar-refractivity contribution is 0.164. The van der Waals surface area contributed by atoms with Gasteiger partial charge in [0.2, 0.25) is 0 Å². The first kappa shape index (κ1) is 13.5. The number of benzene rings is 1. The molecule has 18 heavy (non-hydrogen) atoms. The third-order valence-corrected chi connectivity index (χ3v) is 4.32. The lowest BCUT2D eigenvalue weighted by atomic mass is 9.99. The van der Waals surface area contributed by atoms with Gasteiger partial charge in [0.25, 0.3) is 0 Å². The van der Waals surface area contributed by atoms with Gasteiger partial charge in [0.15, 0.2) is 0 Å². The van der Waals surface area contributed by atoms with Gasteiger partial charge in [-0.15, -0.1) is 0 Å². The Morgan fingerprint density at radius 2 is 1.78 bits per heavy atom. The smallest absolute Gasteiger partial charge is 0.123 e. The molecular formula is C15H23FN2. The fourth-order valence-electron chi connectivity index (χ4n) is 2.86. The van der Waals surface area contributed by atoms with Gasteiger partial charge in [-0.25, -0.2) is 4.39 Å². The first-order valence-electron chi connectivity index (χ1n) is 6.82. The van der Waals surface area contributed by atoms with Gasteiger partial charge in [-0.05, 0) is 44.5 Å². The van der Waals surface area contributed by atoms with Crippen molar-refractivity contribution in [3.63, 3.8) is 0 Å². The summed E-state index contributed by atoms with van der Waals surface area (Å²) in [6, 6.07) is 7.42. The molecular weight excluding hydrogens is 227 g/mol. The van der Waals surface area contributed by atoms with Crippen LogP contribution in [-0.2, 0) is 0 Å². The van der Waals surface area contributed by atoms with Crippen LogP contribution in [0.4, 0.5) is 4.39 Å². The van der Waals surface area contributed by atoms with E-state index in [0.29, 0.717) is 6.04 Å². The van der Waals surface area contributed by atoms with E-state index in [1.54, 1.807) is 12.1 Å². The Morgan fingerprint density at radius 3 is 2.33 bits per heavy atom. The zero-order chi connectivity index (χ0) is 13.1. The number of likely N-dealkylation sites (N-methyl/N-ethyl adjacent to an activating group) is 1. The van der Waals surface area contributed by atoms with Crippen molar-refractivity contribution < 1.29 is 4.39 Å². The van der Waals surface area contributed by atoms with E-state index in [-0.39, 0.29) is 17.9 Å². The lowest BCUT2D eigenvalue weighted by Crippen LogP contribution is -2.43. The highest BCUT2D eigenvalue weighted by atomic mass is 19.1. The quantitative estimate of drug-likeness (QED) is 0.889. The van der Waals surface area contributed by atoms with Gasteiger partial charge in [-0.2, -0.15) is 0 Å². The molecule has 2 N–H and O–H groups in total. The molecule has 2 nitrogen and oxygen atoms in total. The van der Waals surface area contributed by atoms with E-state index in [1.807, 2.05) is 0 Å². The highest BCUT2D eigenvalue weighted by Crippen LogP contribution is 2.27. The number of rotatable bonds is 4. The largest absolute Gasteiger partial charge is 0.323 e. The number of hydrogen-bond acceptors (Lipinski definition) is 2. The van der Waals surface area contributed by atoms with Crippen LogP contribution in [0.5, 0.6) is 0 Å². The molecule has 2 rings (SSSR count). The van der Waals surface area contributed by atoms with Crippen LogP contribution in [0.15, 0.2) is 24.3 Å². The van der Waals surface area contributed by atoms with Crippen LogP contribution in [0.1, 0.15) is 44.2 Å². The number of hydrogen-bond donors (Lipinski definition) is 1. The molecule has 0 aliphatic heterocycles. The maximum absolute atomic E-state index is 12.9. The van der Waals surface area contributed by atoms with Crippen molar-refractivity contribution in [2.24, 2.45) is 5.73 Å². The molecule has 3 heteroatoms. The summed E-state index contributed by atoms with van der Waals surface area (Å²) in [6.45, 7) is 2.16. The third kappa shape index (κ3) is 2.90. The minimum Gasteiger partial charge on any atom is -0.323 e. The van der Waals surface area contributed by atoms with Crippen molar-refractivity contribution in [3.05, 3.63) is 35.6 Å². The highest BCUT2D eigenvalue weighted by molar-refractivity contribution is 5.21. The van der Waals surface area contributed by atoms with Crippen LogP contribution in [-0.4, -0.2) is 24.0 Å². The maximum atomic E-state index is 12.9. The first-order valence-corrected chi connectivity index (χ1v) is 6.82. The van der Waals surface area contributed by atoms with Crippen LogP contribution in [0.25, 0.3) is 0 Å². The van der Waals surface area contributed by atoms with Crippen molar-refractivity contribution in [2.45, 2.75) is 50.7 Å². The van der Waals surface area contributed by atoms with Crippen molar-refractivity contribution in [1.29, 1.82) is 0 Å². The van der Waals surface area contributed by atoms with Gasteiger partial charge < -0.3 is 5.73 Å². The standard InChI is InChI=1S/C15H23FN2/c1-11(18(2)14-5-3-4-6-14)15(17)12-7-9-13(16)10-8-12/h7-11,14-15H,3-6,17H2,1-2H3. The SMILES string of the molecule is CC(C(N)c1ccc(F)cc1)N(C)C1CCCC1. The van der Waals surface area contributed by atoms with Gasteiger partial charge in [0.05, 0.1) is 0 Å². The van der Waals surface area contributed by atoms with Crippen LogP contribution < -0.4 is 5.73 Å². The van der Waals surface area contributed by atoms with Crippen molar-refractivity contribution >= 4 is 0 Å². The molecule has 0 heterocycles. The van der Waals surface area contributed by atoms with Crippen molar-refractivity contribution in [1.82, 2.24) is 4.90 Å².